The Morgan fingerprint density at radius 2 is 2.20 bits per heavy atom. The van der Waals surface area contributed by atoms with E-state index in [0.29, 0.717) is 28.7 Å². The van der Waals surface area contributed by atoms with E-state index >= 15 is 0 Å². The van der Waals surface area contributed by atoms with Crippen molar-refractivity contribution >= 4 is 32.6 Å². The number of carbonyl (C=O) groups excluding carboxylic acids is 1. The van der Waals surface area contributed by atoms with E-state index in [1.807, 2.05) is 24.3 Å². The fourth-order valence-corrected chi connectivity index (χ4v) is 4.11. The molecule has 1 unspecified atom stereocenters. The molecular weight excluding hydrogens is 338 g/mol. The van der Waals surface area contributed by atoms with Gasteiger partial charge in [-0.3, -0.25) is 9.69 Å². The summed E-state index contributed by atoms with van der Waals surface area (Å²) in [5.41, 5.74) is 2.00. The summed E-state index contributed by atoms with van der Waals surface area (Å²) < 4.78 is 12.0. The van der Waals surface area contributed by atoms with Gasteiger partial charge in [-0.2, -0.15) is 0 Å². The van der Waals surface area contributed by atoms with E-state index in [1.54, 1.807) is 18.7 Å². The number of amides is 1. The number of anilines is 1. The van der Waals surface area contributed by atoms with Gasteiger partial charge in [0, 0.05) is 6.61 Å². The third-order valence-corrected chi connectivity index (χ3v) is 5.48. The summed E-state index contributed by atoms with van der Waals surface area (Å²) in [5.74, 6) is 0.395. The lowest BCUT2D eigenvalue weighted by molar-refractivity contribution is 0.0915. The Kier molecular flexibility index (Phi) is 4.27. The van der Waals surface area contributed by atoms with Crippen molar-refractivity contribution in [3.8, 4) is 0 Å². The first kappa shape index (κ1) is 16.2. The third-order valence-electron chi connectivity index (χ3n) is 4.42. The van der Waals surface area contributed by atoms with Gasteiger partial charge < -0.3 is 9.26 Å². The van der Waals surface area contributed by atoms with Crippen LogP contribution in [0.15, 0.2) is 28.8 Å². The van der Waals surface area contributed by atoms with Gasteiger partial charge in [0.1, 0.15) is 11.3 Å². The van der Waals surface area contributed by atoms with Gasteiger partial charge in [-0.05, 0) is 38.8 Å². The summed E-state index contributed by atoms with van der Waals surface area (Å²) in [6.45, 7) is 4.78. The molecule has 4 rings (SSSR count). The molecule has 0 bridgehead atoms. The molecule has 1 saturated heterocycles. The monoisotopic (exact) mass is 357 g/mol. The van der Waals surface area contributed by atoms with Gasteiger partial charge in [0.25, 0.3) is 5.91 Å². The predicted octanol–water partition coefficient (Wildman–Crippen LogP) is 3.73. The zero-order valence-electron chi connectivity index (χ0n) is 14.2. The highest BCUT2D eigenvalue weighted by Gasteiger charge is 2.30. The molecule has 0 saturated carbocycles. The van der Waals surface area contributed by atoms with Crippen molar-refractivity contribution < 1.29 is 14.1 Å². The van der Waals surface area contributed by atoms with Crippen LogP contribution in [0.2, 0.25) is 0 Å². The molecule has 1 atom stereocenters. The maximum atomic E-state index is 13.2. The summed E-state index contributed by atoms with van der Waals surface area (Å²) in [6, 6.07) is 7.90. The van der Waals surface area contributed by atoms with Crippen molar-refractivity contribution in [2.45, 2.75) is 32.8 Å². The van der Waals surface area contributed by atoms with Gasteiger partial charge in [-0.15, -0.1) is 0 Å². The molecule has 0 N–H and O–H groups in total. The number of nitrogens with zero attached hydrogens (tertiary/aromatic N) is 3. The molecule has 25 heavy (non-hydrogen) atoms. The zero-order chi connectivity index (χ0) is 17.4. The van der Waals surface area contributed by atoms with Crippen LogP contribution in [-0.4, -0.2) is 35.3 Å². The van der Waals surface area contributed by atoms with Crippen molar-refractivity contribution in [2.24, 2.45) is 0 Å². The Labute approximate surface area is 149 Å². The summed E-state index contributed by atoms with van der Waals surface area (Å²) in [7, 11) is 0. The highest BCUT2D eigenvalue weighted by molar-refractivity contribution is 7.22. The number of para-hydroxylation sites is 1. The number of hydrogen-bond acceptors (Lipinski definition) is 6. The van der Waals surface area contributed by atoms with E-state index < -0.39 is 0 Å². The summed E-state index contributed by atoms with van der Waals surface area (Å²) in [6.07, 6.45) is 2.02. The quantitative estimate of drug-likeness (QED) is 0.712. The molecule has 0 spiro atoms. The second-order valence-electron chi connectivity index (χ2n) is 6.21. The summed E-state index contributed by atoms with van der Waals surface area (Å²) in [4.78, 5) is 19.6. The highest BCUT2D eigenvalue weighted by atomic mass is 32.1. The first-order valence-electron chi connectivity index (χ1n) is 8.35. The standard InChI is InChI=1S/C18H19N3O3S/c1-11-16(12(2)24-20-11)17(22)21(10-13-6-5-9-23-13)18-19-14-7-3-4-8-15(14)25-18/h3-4,7-8,13H,5-6,9-10H2,1-2H3. The molecule has 1 aliphatic rings. The lowest BCUT2D eigenvalue weighted by Gasteiger charge is -2.22. The van der Waals surface area contributed by atoms with Crippen LogP contribution in [0.3, 0.4) is 0 Å². The van der Waals surface area contributed by atoms with E-state index in [1.165, 1.54) is 11.3 Å². The molecule has 1 aliphatic heterocycles. The fraction of sp³-hybridized carbons (Fsp3) is 0.389. The minimum atomic E-state index is -0.134. The number of ether oxygens (including phenoxy) is 1. The van der Waals surface area contributed by atoms with Crippen molar-refractivity contribution in [1.82, 2.24) is 10.1 Å². The number of hydrogen-bond donors (Lipinski definition) is 0. The second-order valence-corrected chi connectivity index (χ2v) is 7.22. The van der Waals surface area contributed by atoms with Crippen LogP contribution in [0.1, 0.15) is 34.7 Å². The Morgan fingerprint density at radius 3 is 2.88 bits per heavy atom. The van der Waals surface area contributed by atoms with Gasteiger partial charge in [-0.1, -0.05) is 28.6 Å². The molecule has 1 fully saturated rings. The van der Waals surface area contributed by atoms with Crippen LogP contribution < -0.4 is 4.90 Å². The Morgan fingerprint density at radius 1 is 1.36 bits per heavy atom. The van der Waals surface area contributed by atoms with Crippen LogP contribution in [0.25, 0.3) is 10.2 Å². The van der Waals surface area contributed by atoms with E-state index in [9.17, 15) is 4.79 Å². The molecule has 3 heterocycles. The molecule has 1 aromatic carbocycles. The molecule has 2 aromatic heterocycles. The van der Waals surface area contributed by atoms with Gasteiger partial charge in [0.05, 0.1) is 28.6 Å². The largest absolute Gasteiger partial charge is 0.376 e. The average Bonchev–Trinajstić information content (AvgIpc) is 3.32. The Hall–Kier alpha value is -2.25. The molecule has 1 amide bonds. The first-order valence-corrected chi connectivity index (χ1v) is 9.17. The number of fused-ring (bicyclic) bond motifs is 1. The van der Waals surface area contributed by atoms with Crippen molar-refractivity contribution in [3.05, 3.63) is 41.3 Å². The minimum absolute atomic E-state index is 0.0384. The maximum Gasteiger partial charge on any atom is 0.265 e. The van der Waals surface area contributed by atoms with E-state index in [4.69, 9.17) is 9.26 Å². The maximum absolute atomic E-state index is 13.2. The number of rotatable bonds is 4. The predicted molar refractivity (Wildman–Crippen MR) is 96.2 cm³/mol. The van der Waals surface area contributed by atoms with Gasteiger partial charge in [-0.25, -0.2) is 4.98 Å². The Bertz CT molecular complexity index is 859. The normalized spacial score (nSPS) is 17.3. The van der Waals surface area contributed by atoms with Crippen molar-refractivity contribution in [1.29, 1.82) is 0 Å². The summed E-state index contributed by atoms with van der Waals surface area (Å²) in [5, 5.41) is 4.60. The van der Waals surface area contributed by atoms with Crippen molar-refractivity contribution in [3.63, 3.8) is 0 Å². The van der Waals surface area contributed by atoms with Crippen LogP contribution in [0, 0.1) is 13.8 Å². The molecule has 6 nitrogen and oxygen atoms in total. The van der Waals surface area contributed by atoms with Gasteiger partial charge in [0.2, 0.25) is 0 Å². The lowest BCUT2D eigenvalue weighted by atomic mass is 10.1. The number of aromatic nitrogens is 2. The molecular formula is C18H19N3O3S. The van der Waals surface area contributed by atoms with E-state index in [-0.39, 0.29) is 12.0 Å². The second kappa shape index (κ2) is 6.57. The smallest absolute Gasteiger partial charge is 0.265 e. The number of aryl methyl sites for hydroxylation is 2. The molecule has 3 aromatic rings. The average molecular weight is 357 g/mol. The molecule has 7 heteroatoms. The van der Waals surface area contributed by atoms with Gasteiger partial charge in [0.15, 0.2) is 5.13 Å². The van der Waals surface area contributed by atoms with Crippen molar-refractivity contribution in [2.75, 3.05) is 18.1 Å². The van der Waals surface area contributed by atoms with Crippen LogP contribution in [0.4, 0.5) is 5.13 Å². The molecule has 0 aliphatic carbocycles. The Balaban J connectivity index is 1.74. The lowest BCUT2D eigenvalue weighted by Crippen LogP contribution is -2.38. The van der Waals surface area contributed by atoms with Crippen LogP contribution in [0.5, 0.6) is 0 Å². The van der Waals surface area contributed by atoms with E-state index in [0.717, 1.165) is 29.7 Å². The topological polar surface area (TPSA) is 68.5 Å². The SMILES string of the molecule is Cc1noc(C)c1C(=O)N(CC1CCCO1)c1nc2ccccc2s1. The molecule has 130 valence electrons. The van der Waals surface area contributed by atoms with E-state index in [2.05, 4.69) is 10.1 Å². The van der Waals surface area contributed by atoms with Crippen LogP contribution in [-0.2, 0) is 4.74 Å². The minimum Gasteiger partial charge on any atom is -0.376 e. The fourth-order valence-electron chi connectivity index (χ4n) is 3.14. The van der Waals surface area contributed by atoms with Crippen LogP contribution >= 0.6 is 11.3 Å². The number of benzene rings is 1. The van der Waals surface area contributed by atoms with Gasteiger partial charge >= 0.3 is 0 Å². The third kappa shape index (κ3) is 3.05. The molecule has 0 radical (unpaired) electrons. The number of carbonyl (C=O) groups is 1. The highest BCUT2D eigenvalue weighted by Crippen LogP contribution is 2.31. The number of thiazole rings is 1. The first-order chi connectivity index (χ1) is 12.1. The summed E-state index contributed by atoms with van der Waals surface area (Å²) >= 11 is 1.51. The zero-order valence-corrected chi connectivity index (χ0v) is 15.0.